The molecule has 0 amide bonds. The van der Waals surface area contributed by atoms with Crippen molar-refractivity contribution in [2.75, 3.05) is 0 Å². The SMILES string of the molecule is Cc1ccccc1[C@@H](NCc1ccccc1)[C@H](NCc1ccccc1)c1ccccc1C. The maximum Gasteiger partial charge on any atom is 0.0523 e. The first-order valence-electron chi connectivity index (χ1n) is 11.4. The molecule has 4 aromatic rings. The van der Waals surface area contributed by atoms with Gasteiger partial charge in [0.05, 0.1) is 12.1 Å². The Balaban J connectivity index is 1.70. The molecule has 0 heterocycles. The summed E-state index contributed by atoms with van der Waals surface area (Å²) in [5.41, 5.74) is 7.85. The second-order valence-electron chi connectivity index (χ2n) is 8.40. The van der Waals surface area contributed by atoms with Crippen LogP contribution in [-0.4, -0.2) is 0 Å². The van der Waals surface area contributed by atoms with E-state index in [9.17, 15) is 0 Å². The van der Waals surface area contributed by atoms with Crippen molar-refractivity contribution in [2.45, 2.75) is 39.0 Å². The molecule has 2 nitrogen and oxygen atoms in total. The maximum absolute atomic E-state index is 3.89. The van der Waals surface area contributed by atoms with Crippen LogP contribution >= 0.6 is 0 Å². The fraction of sp³-hybridized carbons (Fsp3) is 0.200. The maximum atomic E-state index is 3.89. The Hall–Kier alpha value is -3.20. The summed E-state index contributed by atoms with van der Waals surface area (Å²) in [7, 11) is 0. The van der Waals surface area contributed by atoms with Crippen molar-refractivity contribution in [1.82, 2.24) is 10.6 Å². The third-order valence-electron chi connectivity index (χ3n) is 6.12. The summed E-state index contributed by atoms with van der Waals surface area (Å²) in [6, 6.07) is 39.0. The molecule has 162 valence electrons. The highest BCUT2D eigenvalue weighted by atomic mass is 15.0. The fourth-order valence-corrected chi connectivity index (χ4v) is 4.33. The van der Waals surface area contributed by atoms with E-state index in [0.717, 1.165) is 13.1 Å². The van der Waals surface area contributed by atoms with E-state index in [0.29, 0.717) is 0 Å². The molecule has 0 aliphatic heterocycles. The lowest BCUT2D eigenvalue weighted by atomic mass is 9.88. The van der Waals surface area contributed by atoms with Gasteiger partial charge in [-0.15, -0.1) is 0 Å². The zero-order chi connectivity index (χ0) is 22.2. The van der Waals surface area contributed by atoms with Gasteiger partial charge in [-0.2, -0.15) is 0 Å². The second kappa shape index (κ2) is 10.9. The Morgan fingerprint density at radius 2 is 0.812 bits per heavy atom. The van der Waals surface area contributed by atoms with Gasteiger partial charge < -0.3 is 10.6 Å². The van der Waals surface area contributed by atoms with E-state index < -0.39 is 0 Å². The molecule has 0 spiro atoms. The molecule has 2 atom stereocenters. The van der Waals surface area contributed by atoms with Gasteiger partial charge in [0.1, 0.15) is 0 Å². The Morgan fingerprint density at radius 3 is 1.19 bits per heavy atom. The van der Waals surface area contributed by atoms with Crippen LogP contribution in [0.5, 0.6) is 0 Å². The lowest BCUT2D eigenvalue weighted by Gasteiger charge is -2.32. The predicted octanol–water partition coefficient (Wildman–Crippen LogP) is 6.67. The molecular weight excluding hydrogens is 388 g/mol. The van der Waals surface area contributed by atoms with Crippen LogP contribution in [0.1, 0.15) is 45.5 Å². The number of aryl methyl sites for hydroxylation is 2. The van der Waals surface area contributed by atoms with Gasteiger partial charge in [0.15, 0.2) is 0 Å². The first-order chi connectivity index (χ1) is 15.7. The summed E-state index contributed by atoms with van der Waals surface area (Å²) in [6.45, 7) is 6.04. The van der Waals surface area contributed by atoms with Crippen molar-refractivity contribution < 1.29 is 0 Å². The molecule has 0 saturated heterocycles. The van der Waals surface area contributed by atoms with Crippen molar-refractivity contribution in [1.29, 1.82) is 0 Å². The van der Waals surface area contributed by atoms with Crippen molar-refractivity contribution in [3.05, 3.63) is 143 Å². The minimum atomic E-state index is 0.126. The Morgan fingerprint density at radius 1 is 0.469 bits per heavy atom. The molecule has 0 fully saturated rings. The summed E-state index contributed by atoms with van der Waals surface area (Å²) in [4.78, 5) is 0. The van der Waals surface area contributed by atoms with Crippen LogP contribution in [0.3, 0.4) is 0 Å². The van der Waals surface area contributed by atoms with E-state index in [4.69, 9.17) is 0 Å². The molecule has 4 aromatic carbocycles. The van der Waals surface area contributed by atoms with Gasteiger partial charge in [0.25, 0.3) is 0 Å². The van der Waals surface area contributed by atoms with Gasteiger partial charge in [-0.1, -0.05) is 109 Å². The van der Waals surface area contributed by atoms with Crippen molar-refractivity contribution in [3.8, 4) is 0 Å². The summed E-state index contributed by atoms with van der Waals surface area (Å²) < 4.78 is 0. The highest BCUT2D eigenvalue weighted by molar-refractivity contribution is 5.36. The van der Waals surface area contributed by atoms with E-state index in [1.165, 1.54) is 33.4 Å². The largest absolute Gasteiger partial charge is 0.304 e. The number of rotatable bonds is 9. The van der Waals surface area contributed by atoms with Crippen LogP contribution in [0.4, 0.5) is 0 Å². The minimum absolute atomic E-state index is 0.126. The third kappa shape index (κ3) is 5.53. The third-order valence-corrected chi connectivity index (χ3v) is 6.12. The van der Waals surface area contributed by atoms with Crippen molar-refractivity contribution in [2.24, 2.45) is 0 Å². The number of nitrogens with one attached hydrogen (secondary N) is 2. The van der Waals surface area contributed by atoms with E-state index in [-0.39, 0.29) is 12.1 Å². The van der Waals surface area contributed by atoms with Crippen LogP contribution in [0.25, 0.3) is 0 Å². The highest BCUT2D eigenvalue weighted by Gasteiger charge is 2.26. The van der Waals surface area contributed by atoms with Gasteiger partial charge in [0.2, 0.25) is 0 Å². The van der Waals surface area contributed by atoms with E-state index in [1.54, 1.807) is 0 Å². The minimum Gasteiger partial charge on any atom is -0.304 e. The summed E-state index contributed by atoms with van der Waals surface area (Å²) in [6.07, 6.45) is 0. The van der Waals surface area contributed by atoms with Crippen molar-refractivity contribution >= 4 is 0 Å². The van der Waals surface area contributed by atoms with E-state index in [1.807, 2.05) is 0 Å². The monoisotopic (exact) mass is 420 g/mol. The molecule has 0 bridgehead atoms. The van der Waals surface area contributed by atoms with Crippen LogP contribution < -0.4 is 10.6 Å². The quantitative estimate of drug-likeness (QED) is 0.316. The van der Waals surface area contributed by atoms with Crippen LogP contribution in [-0.2, 0) is 13.1 Å². The lowest BCUT2D eigenvalue weighted by molar-refractivity contribution is 0.379. The topological polar surface area (TPSA) is 24.1 Å². The van der Waals surface area contributed by atoms with Gasteiger partial charge in [-0.05, 0) is 47.2 Å². The van der Waals surface area contributed by atoms with Crippen LogP contribution in [0.2, 0.25) is 0 Å². The number of benzene rings is 4. The predicted molar refractivity (Wildman–Crippen MR) is 134 cm³/mol. The number of hydrogen-bond donors (Lipinski definition) is 2. The van der Waals surface area contributed by atoms with Gasteiger partial charge >= 0.3 is 0 Å². The van der Waals surface area contributed by atoms with E-state index >= 15 is 0 Å². The standard InChI is InChI=1S/C30H32N2/c1-23-13-9-11-19-27(23)29(31-21-25-15-5-3-6-16-25)30(28-20-12-10-14-24(28)2)32-22-26-17-7-4-8-18-26/h3-20,29-32H,21-22H2,1-2H3/t29-,30-/m1/s1. The first-order valence-corrected chi connectivity index (χ1v) is 11.4. The normalized spacial score (nSPS) is 12.9. The fourth-order valence-electron chi connectivity index (χ4n) is 4.33. The molecule has 0 unspecified atom stereocenters. The molecular formula is C30H32N2. The van der Waals surface area contributed by atoms with Crippen molar-refractivity contribution in [3.63, 3.8) is 0 Å². The van der Waals surface area contributed by atoms with E-state index in [2.05, 4.69) is 134 Å². The van der Waals surface area contributed by atoms with Gasteiger partial charge in [-0.25, -0.2) is 0 Å². The smallest absolute Gasteiger partial charge is 0.0523 e. The molecule has 2 heteroatoms. The Kier molecular flexibility index (Phi) is 7.50. The van der Waals surface area contributed by atoms with Gasteiger partial charge in [-0.3, -0.25) is 0 Å². The molecule has 0 aromatic heterocycles. The lowest BCUT2D eigenvalue weighted by Crippen LogP contribution is -2.36. The molecule has 2 N–H and O–H groups in total. The molecule has 0 radical (unpaired) electrons. The molecule has 0 aliphatic rings. The summed E-state index contributed by atoms with van der Waals surface area (Å²) >= 11 is 0. The summed E-state index contributed by atoms with van der Waals surface area (Å²) in [5, 5.41) is 7.79. The zero-order valence-electron chi connectivity index (χ0n) is 19.0. The Bertz CT molecular complexity index is 1010. The Labute approximate surface area is 192 Å². The molecule has 4 rings (SSSR count). The average molecular weight is 421 g/mol. The molecule has 32 heavy (non-hydrogen) atoms. The van der Waals surface area contributed by atoms with Crippen LogP contribution in [0, 0.1) is 13.8 Å². The summed E-state index contributed by atoms with van der Waals surface area (Å²) in [5.74, 6) is 0. The van der Waals surface area contributed by atoms with Gasteiger partial charge in [0, 0.05) is 13.1 Å². The second-order valence-corrected chi connectivity index (χ2v) is 8.40. The first kappa shape index (κ1) is 22.0. The zero-order valence-corrected chi connectivity index (χ0v) is 19.0. The van der Waals surface area contributed by atoms with Crippen LogP contribution in [0.15, 0.2) is 109 Å². The molecule has 0 aliphatic carbocycles. The highest BCUT2D eigenvalue weighted by Crippen LogP contribution is 2.33. The average Bonchev–Trinajstić information content (AvgIpc) is 2.84. The number of hydrogen-bond acceptors (Lipinski definition) is 2. The molecule has 0 saturated carbocycles.